The molecule has 0 aliphatic heterocycles. The normalized spacial score (nSPS) is 20.5. The Morgan fingerprint density at radius 2 is 1.95 bits per heavy atom. The number of amides is 1. The van der Waals surface area contributed by atoms with Crippen LogP contribution in [-0.4, -0.2) is 39.3 Å². The van der Waals surface area contributed by atoms with Crippen molar-refractivity contribution in [2.45, 2.75) is 57.0 Å². The average Bonchev–Trinajstić information content (AvgIpc) is 2.90. The minimum atomic E-state index is -2.71. The standard InChI is InChI=1S/C13H19F2N3O2S/c1-8(2)10-17-18-11(21-10)9(19)16-7-12(20)3-5-13(14,15)6-4-12/h8,20H,3-7H2,1-2H3,(H,16,19). The highest BCUT2D eigenvalue weighted by Crippen LogP contribution is 2.38. The topological polar surface area (TPSA) is 75.1 Å². The van der Waals surface area contributed by atoms with Gasteiger partial charge in [0.05, 0.1) is 5.60 Å². The fourth-order valence-corrected chi connectivity index (χ4v) is 2.90. The summed E-state index contributed by atoms with van der Waals surface area (Å²) in [6, 6.07) is 0. The molecule has 1 aromatic rings. The van der Waals surface area contributed by atoms with Crippen LogP contribution >= 0.6 is 11.3 Å². The number of carbonyl (C=O) groups is 1. The summed E-state index contributed by atoms with van der Waals surface area (Å²) in [5.74, 6) is -2.94. The van der Waals surface area contributed by atoms with Gasteiger partial charge in [0, 0.05) is 25.3 Å². The van der Waals surface area contributed by atoms with E-state index in [9.17, 15) is 18.7 Å². The van der Waals surface area contributed by atoms with E-state index >= 15 is 0 Å². The SMILES string of the molecule is CC(C)c1nnc(C(=O)NCC2(O)CCC(F)(F)CC2)s1. The highest BCUT2D eigenvalue weighted by Gasteiger charge is 2.42. The van der Waals surface area contributed by atoms with Crippen LogP contribution in [0, 0.1) is 0 Å². The molecule has 5 nitrogen and oxygen atoms in total. The number of nitrogens with zero attached hydrogens (tertiary/aromatic N) is 2. The summed E-state index contributed by atoms with van der Waals surface area (Å²) in [6.07, 6.45) is -0.743. The zero-order valence-electron chi connectivity index (χ0n) is 12.0. The molecule has 0 saturated heterocycles. The molecule has 0 unspecified atom stereocenters. The number of nitrogens with one attached hydrogen (secondary N) is 1. The molecule has 1 fully saturated rings. The second kappa shape index (κ2) is 5.92. The molecule has 118 valence electrons. The van der Waals surface area contributed by atoms with Gasteiger partial charge < -0.3 is 10.4 Å². The molecule has 0 radical (unpaired) electrons. The number of alkyl halides is 2. The zero-order valence-corrected chi connectivity index (χ0v) is 12.8. The van der Waals surface area contributed by atoms with Crippen molar-refractivity contribution in [1.29, 1.82) is 0 Å². The molecule has 2 rings (SSSR count). The fraction of sp³-hybridized carbons (Fsp3) is 0.769. The van der Waals surface area contributed by atoms with E-state index in [1.807, 2.05) is 13.8 Å². The van der Waals surface area contributed by atoms with Crippen LogP contribution in [0.1, 0.15) is 60.3 Å². The number of hydrogen-bond donors (Lipinski definition) is 2. The smallest absolute Gasteiger partial charge is 0.282 e. The Balaban J connectivity index is 1.89. The van der Waals surface area contributed by atoms with E-state index in [0.29, 0.717) is 0 Å². The summed E-state index contributed by atoms with van der Waals surface area (Å²) >= 11 is 1.20. The predicted octanol–water partition coefficient (Wildman–Crippen LogP) is 2.33. The summed E-state index contributed by atoms with van der Waals surface area (Å²) in [5, 5.41) is 21.5. The fourth-order valence-electron chi connectivity index (χ4n) is 2.14. The Morgan fingerprint density at radius 3 is 2.48 bits per heavy atom. The van der Waals surface area contributed by atoms with Crippen LogP contribution in [0.15, 0.2) is 0 Å². The van der Waals surface area contributed by atoms with E-state index in [4.69, 9.17) is 0 Å². The minimum Gasteiger partial charge on any atom is -0.388 e. The van der Waals surface area contributed by atoms with Crippen molar-refractivity contribution in [2.75, 3.05) is 6.54 Å². The summed E-state index contributed by atoms with van der Waals surface area (Å²) in [7, 11) is 0. The van der Waals surface area contributed by atoms with Crippen molar-refractivity contribution in [3.8, 4) is 0 Å². The molecule has 1 aromatic heterocycles. The van der Waals surface area contributed by atoms with Crippen molar-refractivity contribution >= 4 is 17.2 Å². The molecule has 1 saturated carbocycles. The Hall–Kier alpha value is -1.15. The van der Waals surface area contributed by atoms with E-state index in [0.717, 1.165) is 5.01 Å². The van der Waals surface area contributed by atoms with Crippen LogP contribution in [0.2, 0.25) is 0 Å². The Morgan fingerprint density at radius 1 is 1.33 bits per heavy atom. The van der Waals surface area contributed by atoms with Crippen molar-refractivity contribution < 1.29 is 18.7 Å². The number of halogens is 2. The number of carbonyl (C=O) groups excluding carboxylic acids is 1. The molecule has 0 spiro atoms. The van der Waals surface area contributed by atoms with Gasteiger partial charge in [0.2, 0.25) is 10.9 Å². The molecule has 8 heteroatoms. The molecule has 0 atom stereocenters. The number of aliphatic hydroxyl groups is 1. The van der Waals surface area contributed by atoms with Gasteiger partial charge in [-0.2, -0.15) is 0 Å². The van der Waals surface area contributed by atoms with E-state index in [1.165, 1.54) is 11.3 Å². The van der Waals surface area contributed by atoms with Gasteiger partial charge in [-0.25, -0.2) is 8.78 Å². The van der Waals surface area contributed by atoms with E-state index < -0.39 is 17.4 Å². The molecular formula is C13H19F2N3O2S. The van der Waals surface area contributed by atoms with E-state index in [1.54, 1.807) is 0 Å². The minimum absolute atomic E-state index is 0.0202. The van der Waals surface area contributed by atoms with E-state index in [-0.39, 0.29) is 43.2 Å². The van der Waals surface area contributed by atoms with Gasteiger partial charge in [0.1, 0.15) is 5.01 Å². The lowest BCUT2D eigenvalue weighted by Crippen LogP contribution is -2.47. The van der Waals surface area contributed by atoms with Crippen LogP contribution in [0.25, 0.3) is 0 Å². The van der Waals surface area contributed by atoms with Gasteiger partial charge in [0.25, 0.3) is 5.91 Å². The molecule has 1 amide bonds. The van der Waals surface area contributed by atoms with Crippen molar-refractivity contribution in [2.24, 2.45) is 0 Å². The maximum Gasteiger partial charge on any atom is 0.282 e. The third-order valence-corrected chi connectivity index (χ3v) is 4.84. The second-order valence-corrected chi connectivity index (χ2v) is 6.87. The predicted molar refractivity (Wildman–Crippen MR) is 74.7 cm³/mol. The third kappa shape index (κ3) is 4.16. The van der Waals surface area contributed by atoms with Crippen LogP contribution < -0.4 is 5.32 Å². The first-order valence-corrected chi connectivity index (χ1v) is 7.74. The highest BCUT2D eigenvalue weighted by molar-refractivity contribution is 7.13. The zero-order chi connectivity index (χ0) is 15.7. The first-order valence-electron chi connectivity index (χ1n) is 6.93. The Kier molecular flexibility index (Phi) is 4.57. The lowest BCUT2D eigenvalue weighted by Gasteiger charge is -2.35. The summed E-state index contributed by atoms with van der Waals surface area (Å²) in [6.45, 7) is 3.86. The number of aromatic nitrogens is 2. The lowest BCUT2D eigenvalue weighted by molar-refractivity contribution is -0.101. The molecule has 21 heavy (non-hydrogen) atoms. The van der Waals surface area contributed by atoms with Crippen LogP contribution in [0.3, 0.4) is 0 Å². The number of hydrogen-bond acceptors (Lipinski definition) is 5. The van der Waals surface area contributed by atoms with Crippen LogP contribution in [0.5, 0.6) is 0 Å². The van der Waals surface area contributed by atoms with Crippen molar-refractivity contribution in [3.63, 3.8) is 0 Å². The van der Waals surface area contributed by atoms with Gasteiger partial charge in [-0.1, -0.05) is 25.2 Å². The summed E-state index contributed by atoms with van der Waals surface area (Å²) in [4.78, 5) is 11.9. The monoisotopic (exact) mass is 319 g/mol. The van der Waals surface area contributed by atoms with Crippen LogP contribution in [-0.2, 0) is 0 Å². The molecular weight excluding hydrogens is 300 g/mol. The molecule has 0 bridgehead atoms. The number of rotatable bonds is 4. The summed E-state index contributed by atoms with van der Waals surface area (Å²) < 4.78 is 26.1. The maximum absolute atomic E-state index is 13.1. The molecule has 1 aliphatic rings. The molecule has 1 aliphatic carbocycles. The van der Waals surface area contributed by atoms with Crippen LogP contribution in [0.4, 0.5) is 8.78 Å². The first kappa shape index (κ1) is 16.2. The first-order chi connectivity index (χ1) is 9.71. The molecule has 0 aromatic carbocycles. The van der Waals surface area contributed by atoms with Gasteiger partial charge >= 0.3 is 0 Å². The quantitative estimate of drug-likeness (QED) is 0.893. The van der Waals surface area contributed by atoms with Crippen molar-refractivity contribution in [3.05, 3.63) is 10.0 Å². The van der Waals surface area contributed by atoms with Gasteiger partial charge in [-0.05, 0) is 12.8 Å². The third-order valence-electron chi connectivity index (χ3n) is 3.62. The van der Waals surface area contributed by atoms with Gasteiger partial charge in [0.15, 0.2) is 0 Å². The highest BCUT2D eigenvalue weighted by atomic mass is 32.1. The van der Waals surface area contributed by atoms with Crippen molar-refractivity contribution in [1.82, 2.24) is 15.5 Å². The maximum atomic E-state index is 13.1. The lowest BCUT2D eigenvalue weighted by atomic mass is 9.83. The molecule has 1 heterocycles. The van der Waals surface area contributed by atoms with Gasteiger partial charge in [-0.3, -0.25) is 4.79 Å². The van der Waals surface area contributed by atoms with Gasteiger partial charge in [-0.15, -0.1) is 10.2 Å². The Labute approximate surface area is 125 Å². The largest absolute Gasteiger partial charge is 0.388 e. The average molecular weight is 319 g/mol. The second-order valence-electron chi connectivity index (χ2n) is 5.86. The van der Waals surface area contributed by atoms with E-state index in [2.05, 4.69) is 15.5 Å². The Bertz CT molecular complexity index is 509. The summed E-state index contributed by atoms with van der Waals surface area (Å²) in [5.41, 5.74) is -1.26. The molecule has 2 N–H and O–H groups in total.